The van der Waals surface area contributed by atoms with E-state index in [-0.39, 0.29) is 11.9 Å². The van der Waals surface area contributed by atoms with Crippen molar-refractivity contribution in [1.29, 1.82) is 0 Å². The fourth-order valence-electron chi connectivity index (χ4n) is 2.18. The molecule has 1 unspecified atom stereocenters. The Morgan fingerprint density at radius 3 is 2.57 bits per heavy atom. The quantitative estimate of drug-likeness (QED) is 0.800. The normalized spacial score (nSPS) is 13.4. The number of hydrogen-bond acceptors (Lipinski definition) is 3. The first-order valence-electron chi connectivity index (χ1n) is 7.46. The second-order valence-corrected chi connectivity index (χ2v) is 7.32. The fourth-order valence-corrected chi connectivity index (χ4v) is 3.37. The summed E-state index contributed by atoms with van der Waals surface area (Å²) >= 11 is 7.51. The maximum Gasteiger partial charge on any atom is 0.278 e. The number of carbonyl (C=O) groups is 1. The third-order valence-electron chi connectivity index (χ3n) is 3.84. The van der Waals surface area contributed by atoms with E-state index in [1.165, 1.54) is 4.88 Å². The first-order chi connectivity index (χ1) is 11.0. The van der Waals surface area contributed by atoms with Crippen LogP contribution in [0, 0.1) is 0 Å². The van der Waals surface area contributed by atoms with Crippen molar-refractivity contribution in [1.82, 2.24) is 5.32 Å². The highest BCUT2D eigenvalue weighted by molar-refractivity contribution is 7.16. The monoisotopic (exact) mass is 353 g/mol. The Balaban J connectivity index is 1.83. The predicted molar refractivity (Wildman–Crippen MR) is 94.2 cm³/mol. The van der Waals surface area contributed by atoms with E-state index in [4.69, 9.17) is 16.3 Å². The highest BCUT2D eigenvalue weighted by Gasteiger charge is 2.22. The van der Waals surface area contributed by atoms with Gasteiger partial charge in [-0.15, -0.1) is 11.3 Å². The van der Waals surface area contributed by atoms with Crippen molar-refractivity contribution in [2.24, 2.45) is 0 Å². The zero-order chi connectivity index (χ0) is 16.8. The van der Waals surface area contributed by atoms with Crippen molar-refractivity contribution < 1.29 is 14.4 Å². The largest absolute Gasteiger partial charge is 0.497 e. The zero-order valence-corrected chi connectivity index (χ0v) is 15.1. The van der Waals surface area contributed by atoms with Gasteiger partial charge < -0.3 is 15.0 Å². The van der Waals surface area contributed by atoms with Crippen LogP contribution in [0.1, 0.15) is 17.4 Å². The number of thiophene rings is 1. The second-order valence-electron chi connectivity index (χ2n) is 5.52. The molecule has 0 bridgehead atoms. The molecule has 1 heterocycles. The Bertz CT molecular complexity index is 642. The van der Waals surface area contributed by atoms with Gasteiger partial charge >= 0.3 is 0 Å². The number of quaternary nitrogens is 1. The van der Waals surface area contributed by atoms with Crippen LogP contribution in [0.5, 0.6) is 5.75 Å². The van der Waals surface area contributed by atoms with E-state index >= 15 is 0 Å². The van der Waals surface area contributed by atoms with Crippen LogP contribution in [0.3, 0.4) is 0 Å². The van der Waals surface area contributed by atoms with E-state index in [0.717, 1.165) is 27.1 Å². The maximum atomic E-state index is 12.3. The molecule has 6 heteroatoms. The summed E-state index contributed by atoms with van der Waals surface area (Å²) in [4.78, 5) is 14.6. The van der Waals surface area contributed by atoms with Gasteiger partial charge in [-0.2, -0.15) is 0 Å². The number of halogens is 1. The van der Waals surface area contributed by atoms with Crippen LogP contribution in [-0.2, 0) is 17.9 Å². The SMILES string of the molecule is COc1ccc(CNC(=O)[C@H](C)[NH+](C)Cc2ccc(Cl)s2)cc1. The number of rotatable bonds is 7. The molecular weight excluding hydrogens is 332 g/mol. The lowest BCUT2D eigenvalue weighted by atomic mass is 10.2. The minimum absolute atomic E-state index is 0.0426. The van der Waals surface area contributed by atoms with Gasteiger partial charge in [0.25, 0.3) is 5.91 Å². The molecule has 1 aromatic heterocycles. The minimum Gasteiger partial charge on any atom is -0.497 e. The van der Waals surface area contributed by atoms with Crippen LogP contribution in [0.4, 0.5) is 0 Å². The second kappa shape index (κ2) is 8.34. The molecule has 0 aliphatic rings. The van der Waals surface area contributed by atoms with Gasteiger partial charge in [0.15, 0.2) is 6.04 Å². The summed E-state index contributed by atoms with van der Waals surface area (Å²) in [6.07, 6.45) is 0. The summed E-state index contributed by atoms with van der Waals surface area (Å²) in [6.45, 7) is 3.24. The third kappa shape index (κ3) is 5.23. The van der Waals surface area contributed by atoms with E-state index in [1.54, 1.807) is 18.4 Å². The average molecular weight is 354 g/mol. The number of ether oxygens (including phenoxy) is 1. The summed E-state index contributed by atoms with van der Waals surface area (Å²) in [5.41, 5.74) is 1.05. The molecule has 124 valence electrons. The molecule has 0 radical (unpaired) electrons. The summed E-state index contributed by atoms with van der Waals surface area (Å²) in [6, 6.07) is 11.5. The highest BCUT2D eigenvalue weighted by Crippen LogP contribution is 2.20. The number of amides is 1. The topological polar surface area (TPSA) is 42.8 Å². The number of carbonyl (C=O) groups excluding carboxylic acids is 1. The number of hydrogen-bond donors (Lipinski definition) is 2. The van der Waals surface area contributed by atoms with Gasteiger partial charge in [-0.25, -0.2) is 0 Å². The van der Waals surface area contributed by atoms with E-state index in [9.17, 15) is 4.79 Å². The molecule has 0 spiro atoms. The molecule has 0 saturated heterocycles. The van der Waals surface area contributed by atoms with Gasteiger partial charge in [-0.05, 0) is 36.8 Å². The lowest BCUT2D eigenvalue weighted by Gasteiger charge is -2.20. The van der Waals surface area contributed by atoms with Gasteiger partial charge in [0.05, 0.1) is 23.4 Å². The summed E-state index contributed by atoms with van der Waals surface area (Å²) < 4.78 is 5.91. The van der Waals surface area contributed by atoms with Gasteiger partial charge in [0, 0.05) is 6.54 Å². The Kier molecular flexibility index (Phi) is 6.45. The Morgan fingerprint density at radius 1 is 1.30 bits per heavy atom. The Labute approximate surface area is 146 Å². The van der Waals surface area contributed by atoms with Gasteiger partial charge in [0.1, 0.15) is 12.3 Å². The van der Waals surface area contributed by atoms with E-state index in [2.05, 4.69) is 5.32 Å². The zero-order valence-electron chi connectivity index (χ0n) is 13.6. The molecular formula is C17H22ClN2O2S+. The summed E-state index contributed by atoms with van der Waals surface area (Å²) in [7, 11) is 3.66. The highest BCUT2D eigenvalue weighted by atomic mass is 35.5. The standard InChI is InChI=1S/C17H21ClN2O2S/c1-12(20(2)11-15-8-9-16(18)23-15)17(21)19-10-13-4-6-14(22-3)7-5-13/h4-9,12H,10-11H2,1-3H3,(H,19,21)/p+1/t12-/m0/s1. The van der Waals surface area contributed by atoms with Crippen molar-refractivity contribution in [2.75, 3.05) is 14.2 Å². The van der Waals surface area contributed by atoms with Gasteiger partial charge in [-0.3, -0.25) is 4.79 Å². The van der Waals surface area contributed by atoms with Crippen LogP contribution in [0.2, 0.25) is 4.34 Å². The molecule has 2 aromatic rings. The molecule has 2 N–H and O–H groups in total. The van der Waals surface area contributed by atoms with Crippen LogP contribution >= 0.6 is 22.9 Å². The minimum atomic E-state index is -0.130. The van der Waals surface area contributed by atoms with Crippen molar-refractivity contribution in [3.8, 4) is 5.75 Å². The van der Waals surface area contributed by atoms with Crippen LogP contribution in [-0.4, -0.2) is 26.1 Å². The van der Waals surface area contributed by atoms with E-state index in [1.807, 2.05) is 50.4 Å². The molecule has 2 atom stereocenters. The molecule has 0 aliphatic heterocycles. The number of benzene rings is 1. The average Bonchev–Trinajstić information content (AvgIpc) is 2.97. The molecule has 2 rings (SSSR count). The Morgan fingerprint density at radius 2 is 2.00 bits per heavy atom. The summed E-state index contributed by atoms with van der Waals surface area (Å²) in [5.74, 6) is 0.855. The summed E-state index contributed by atoms with van der Waals surface area (Å²) in [5, 5.41) is 2.98. The van der Waals surface area contributed by atoms with Crippen molar-refractivity contribution in [3.05, 3.63) is 51.2 Å². The van der Waals surface area contributed by atoms with E-state index in [0.29, 0.717) is 6.54 Å². The first kappa shape index (κ1) is 17.8. The third-order valence-corrected chi connectivity index (χ3v) is 5.07. The van der Waals surface area contributed by atoms with Crippen LogP contribution in [0.25, 0.3) is 0 Å². The van der Waals surface area contributed by atoms with Crippen molar-refractivity contribution in [2.45, 2.75) is 26.1 Å². The molecule has 0 saturated carbocycles. The molecule has 0 fully saturated rings. The maximum absolute atomic E-state index is 12.3. The van der Waals surface area contributed by atoms with Crippen molar-refractivity contribution in [3.63, 3.8) is 0 Å². The molecule has 4 nitrogen and oxygen atoms in total. The lowest BCUT2D eigenvalue weighted by molar-refractivity contribution is -0.907. The van der Waals surface area contributed by atoms with Crippen LogP contribution < -0.4 is 15.0 Å². The first-order valence-corrected chi connectivity index (χ1v) is 8.66. The van der Waals surface area contributed by atoms with Gasteiger partial charge in [0.2, 0.25) is 0 Å². The van der Waals surface area contributed by atoms with E-state index < -0.39 is 0 Å². The number of nitrogens with one attached hydrogen (secondary N) is 2. The fraction of sp³-hybridized carbons (Fsp3) is 0.353. The molecule has 0 aliphatic carbocycles. The molecule has 1 aromatic carbocycles. The Hall–Kier alpha value is -1.56. The predicted octanol–water partition coefficient (Wildman–Crippen LogP) is 2.13. The number of methoxy groups -OCH3 is 1. The van der Waals surface area contributed by atoms with Crippen LogP contribution in [0.15, 0.2) is 36.4 Å². The number of likely N-dealkylation sites (N-methyl/N-ethyl adjacent to an activating group) is 1. The molecule has 23 heavy (non-hydrogen) atoms. The van der Waals surface area contributed by atoms with Gasteiger partial charge in [-0.1, -0.05) is 23.7 Å². The smallest absolute Gasteiger partial charge is 0.278 e. The molecule has 1 amide bonds. The lowest BCUT2D eigenvalue weighted by Crippen LogP contribution is -3.12. The van der Waals surface area contributed by atoms with Crippen molar-refractivity contribution >= 4 is 28.8 Å².